The molecule has 0 fully saturated rings. The number of allylic oxidation sites excluding steroid dienone is 4. The molecule has 0 radical (unpaired) electrons. The van der Waals surface area contributed by atoms with Gasteiger partial charge < -0.3 is 20.0 Å². The fourth-order valence-electron chi connectivity index (χ4n) is 15.4. The second-order valence-corrected chi connectivity index (χ2v) is 26.9. The number of fused-ring (bicyclic) bond motifs is 7. The molecule has 3 unspecified atom stereocenters. The molecule has 3 aliphatic heterocycles. The average Bonchev–Trinajstić information content (AvgIpc) is 1.46. The van der Waals surface area contributed by atoms with Gasteiger partial charge >= 0.3 is 0 Å². The minimum absolute atomic E-state index is 0.0661. The van der Waals surface area contributed by atoms with Crippen molar-refractivity contribution in [3.63, 3.8) is 0 Å². The average molecular weight is 1110 g/mol. The Bertz CT molecular complexity index is 4670. The van der Waals surface area contributed by atoms with E-state index in [1.807, 2.05) is 0 Å². The van der Waals surface area contributed by atoms with Crippen molar-refractivity contribution < 1.29 is 4.42 Å². The lowest BCUT2D eigenvalue weighted by Gasteiger charge is -2.46. The second-order valence-electron chi connectivity index (χ2n) is 26.9. The Balaban J connectivity index is 1.12. The van der Waals surface area contributed by atoms with Gasteiger partial charge in [-0.2, -0.15) is 0 Å². The van der Waals surface area contributed by atoms with E-state index in [0.717, 1.165) is 89.4 Å². The minimum Gasteiger partial charge on any atom is -0.460 e. The summed E-state index contributed by atoms with van der Waals surface area (Å²) >= 11 is 0. The van der Waals surface area contributed by atoms with Crippen molar-refractivity contribution in [2.75, 3.05) is 9.80 Å². The van der Waals surface area contributed by atoms with Gasteiger partial charge in [-0.3, -0.25) is 4.57 Å². The quantitative estimate of drug-likeness (QED) is 0.169. The molecule has 2 aromatic heterocycles. The van der Waals surface area contributed by atoms with E-state index in [-0.39, 0.29) is 22.9 Å². The number of nitrogens with zero attached hydrogens (tertiary/aromatic N) is 3. The van der Waals surface area contributed by atoms with Crippen molar-refractivity contribution in [2.45, 2.75) is 76.8 Å². The predicted molar refractivity (Wildman–Crippen MR) is 379 cm³/mol. The van der Waals surface area contributed by atoms with Crippen molar-refractivity contribution in [2.24, 2.45) is 5.73 Å². The van der Waals surface area contributed by atoms with Crippen LogP contribution in [0.25, 0.3) is 66.8 Å². The van der Waals surface area contributed by atoms with Crippen molar-refractivity contribution >= 4 is 122 Å². The van der Waals surface area contributed by atoms with Crippen LogP contribution in [0, 0.1) is 0 Å². The van der Waals surface area contributed by atoms with E-state index in [4.69, 9.17) is 10.2 Å². The number of rotatable bonds is 6. The number of hydrogen-bond donors (Lipinski definition) is 1. The summed E-state index contributed by atoms with van der Waals surface area (Å²) in [7, 11) is 11.5. The normalized spacial score (nSPS) is 19.5. The fraction of sp³-hybridized carbons (Fsp3) is 0.158. The summed E-state index contributed by atoms with van der Waals surface area (Å²) in [6.07, 6.45) is 7.02. The molecule has 11 aromatic rings. The van der Waals surface area contributed by atoms with E-state index in [0.29, 0.717) is 5.82 Å². The highest BCUT2D eigenvalue weighted by molar-refractivity contribution is 6.68. The van der Waals surface area contributed by atoms with Gasteiger partial charge in [0.1, 0.15) is 62.7 Å². The molecule has 1 aliphatic carbocycles. The summed E-state index contributed by atoms with van der Waals surface area (Å²) < 4.78 is 9.96. The summed E-state index contributed by atoms with van der Waals surface area (Å²) in [5.41, 5.74) is 37.0. The number of benzene rings is 9. The van der Waals surface area contributed by atoms with E-state index in [1.165, 1.54) is 71.9 Å². The maximum Gasteiger partial charge on any atom is 0.139 e. The first kappa shape index (κ1) is 53.7. The van der Waals surface area contributed by atoms with E-state index in [9.17, 15) is 0 Å². The topological polar surface area (TPSA) is 50.6 Å². The zero-order chi connectivity index (χ0) is 59.5. The smallest absolute Gasteiger partial charge is 0.139 e. The number of anilines is 4. The van der Waals surface area contributed by atoms with Gasteiger partial charge in [-0.1, -0.05) is 204 Å². The van der Waals surface area contributed by atoms with E-state index in [1.54, 1.807) is 0 Å². The molecule has 3 atom stereocenters. The van der Waals surface area contributed by atoms with Gasteiger partial charge in [0, 0.05) is 33.2 Å². The van der Waals surface area contributed by atoms with Crippen LogP contribution in [0.1, 0.15) is 99.1 Å². The van der Waals surface area contributed by atoms with Gasteiger partial charge in [-0.05, 0) is 134 Å². The van der Waals surface area contributed by atoms with E-state index in [2.05, 4.69) is 308 Å². The van der Waals surface area contributed by atoms with Gasteiger partial charge in [0.05, 0.1) is 39.4 Å². The molecule has 5 heterocycles. The molecule has 15 rings (SSSR count). The molecule has 2 N–H and O–H groups in total. The SMILES string of the molecule is Bc1c(B)c(B)c(C2=C(C)\C=C(/N)n3c4ccccc4c4ccc5c(c43)C3(\C=C\2)c2c(cccc2N2c4ccccc4N(c4c(-c6ccccc6)cccc4-c4ccccc4)C23)C5c2ccc(-c3cc(C(C)(C)C)cc(C(C)(C)C)c3)o2)c(B)c1B. The third-order valence-corrected chi connectivity index (χ3v) is 20.1. The highest BCUT2D eigenvalue weighted by Gasteiger charge is 2.63. The molecular weight excluding hydrogens is 1040 g/mol. The molecule has 5 nitrogen and oxygen atoms in total. The lowest BCUT2D eigenvalue weighted by molar-refractivity contribution is 0.486. The Kier molecular flexibility index (Phi) is 12.0. The molecule has 1 spiro atoms. The van der Waals surface area contributed by atoms with Gasteiger partial charge in [-0.15, -0.1) is 16.4 Å². The fourth-order valence-corrected chi connectivity index (χ4v) is 15.4. The molecule has 86 heavy (non-hydrogen) atoms. The van der Waals surface area contributed by atoms with E-state index < -0.39 is 5.41 Å². The van der Waals surface area contributed by atoms with Gasteiger partial charge in [0.15, 0.2) is 0 Å². The summed E-state index contributed by atoms with van der Waals surface area (Å²) in [6.45, 7) is 16.1. The molecule has 9 aromatic carbocycles. The Morgan fingerprint density at radius 2 is 1.07 bits per heavy atom. The first-order valence-corrected chi connectivity index (χ1v) is 30.7. The highest BCUT2D eigenvalue weighted by Crippen LogP contribution is 2.68. The summed E-state index contributed by atoms with van der Waals surface area (Å²) in [5, 5.41) is 2.32. The Morgan fingerprint density at radius 3 is 1.71 bits per heavy atom. The van der Waals surface area contributed by atoms with Crippen LogP contribution < -0.4 is 42.8 Å². The maximum atomic E-state index is 7.93. The lowest BCUT2D eigenvalue weighted by Crippen LogP contribution is -2.56. The van der Waals surface area contributed by atoms with Crippen molar-refractivity contribution in [1.82, 2.24) is 4.57 Å². The van der Waals surface area contributed by atoms with Crippen molar-refractivity contribution in [3.05, 3.63) is 257 Å². The molecule has 4 aliphatic rings. The van der Waals surface area contributed by atoms with Crippen LogP contribution in [0.5, 0.6) is 0 Å². The molecule has 0 saturated heterocycles. The standard InChI is InChI=1S/C76H69B5N4O/c1-42-38-61(82)84-55-28-15-14-24-51(55)52-32-33-54-62(60-35-34-59(86-60)45-39-46(74(2,3)4)41-47(40-45)75(5,6)7)53-27-19-31-58-64(53)76(65(54)72(52)84,37-36-48(42)63-66(77)68(79)70(81)69(80)67(63)78)73-83(58)56-29-16-17-30-57(56)85(73)71-49(43-20-10-8-11-21-43)25-18-26-50(71)44-22-12-9-13-23-44/h8-41,62,73H,77-82H2,1-7H3/b37-36+,48-42-,61-38+. The van der Waals surface area contributed by atoms with Crippen LogP contribution in [0.3, 0.4) is 0 Å². The molecular formula is C76H69B5N4O. The summed E-state index contributed by atoms with van der Waals surface area (Å²) in [6, 6.07) is 70.4. The number of hydrogen-bond acceptors (Lipinski definition) is 4. The first-order chi connectivity index (χ1) is 41.4. The Labute approximate surface area is 511 Å². The maximum absolute atomic E-state index is 7.93. The molecule has 414 valence electrons. The Hall–Kier alpha value is -9.00. The number of aromatic nitrogens is 1. The van der Waals surface area contributed by atoms with Crippen LogP contribution in [-0.4, -0.2) is 50.0 Å². The zero-order valence-corrected chi connectivity index (χ0v) is 51.6. The van der Waals surface area contributed by atoms with Gasteiger partial charge in [-0.25, -0.2) is 0 Å². The monoisotopic (exact) mass is 1110 g/mol. The number of nitrogens with two attached hydrogens (primary N) is 1. The Morgan fingerprint density at radius 1 is 0.512 bits per heavy atom. The van der Waals surface area contributed by atoms with Crippen LogP contribution in [0.4, 0.5) is 22.7 Å². The molecule has 0 amide bonds. The van der Waals surface area contributed by atoms with Gasteiger partial charge in [0.25, 0.3) is 0 Å². The molecule has 0 bridgehead atoms. The lowest BCUT2D eigenvalue weighted by atomic mass is 9.59. The number of furan rings is 1. The minimum atomic E-state index is -0.905. The summed E-state index contributed by atoms with van der Waals surface area (Å²) in [5.74, 6) is 2.15. The van der Waals surface area contributed by atoms with Crippen LogP contribution >= 0.6 is 0 Å². The first-order valence-electron chi connectivity index (χ1n) is 30.7. The van der Waals surface area contributed by atoms with Crippen LogP contribution in [-0.2, 0) is 16.2 Å². The van der Waals surface area contributed by atoms with Crippen molar-refractivity contribution in [3.8, 4) is 33.6 Å². The molecule has 10 heteroatoms. The summed E-state index contributed by atoms with van der Waals surface area (Å²) in [4.78, 5) is 5.44. The zero-order valence-electron chi connectivity index (χ0n) is 51.6. The van der Waals surface area contributed by atoms with Crippen LogP contribution in [0.2, 0.25) is 0 Å². The predicted octanol–water partition coefficient (Wildman–Crippen LogP) is 10.5. The second kappa shape index (κ2) is 19.3. The molecule has 0 saturated carbocycles. The number of para-hydroxylation sites is 4. The third-order valence-electron chi connectivity index (χ3n) is 20.1. The highest BCUT2D eigenvalue weighted by atomic mass is 16.3. The van der Waals surface area contributed by atoms with Crippen LogP contribution in [0.15, 0.2) is 216 Å². The van der Waals surface area contributed by atoms with E-state index >= 15 is 0 Å². The van der Waals surface area contributed by atoms with Gasteiger partial charge in [0.2, 0.25) is 0 Å². The third kappa shape index (κ3) is 7.70. The largest absolute Gasteiger partial charge is 0.460 e. The van der Waals surface area contributed by atoms with Crippen molar-refractivity contribution in [1.29, 1.82) is 0 Å².